The first kappa shape index (κ1) is 15.0. The summed E-state index contributed by atoms with van der Waals surface area (Å²) >= 11 is 3.29. The summed E-state index contributed by atoms with van der Waals surface area (Å²) < 4.78 is 0.849. The number of hydrogen-bond donors (Lipinski definition) is 1. The zero-order valence-electron chi connectivity index (χ0n) is 11.1. The van der Waals surface area contributed by atoms with Gasteiger partial charge in [-0.05, 0) is 53.2 Å². The largest absolute Gasteiger partial charge is 0.481 e. The first-order valence-electron chi connectivity index (χ1n) is 6.69. The lowest BCUT2D eigenvalue weighted by molar-refractivity contribution is -0.137. The monoisotopic (exact) mass is 340 g/mol. The van der Waals surface area contributed by atoms with Gasteiger partial charge in [-0.15, -0.1) is 0 Å². The minimum absolute atomic E-state index is 0.0471. The minimum Gasteiger partial charge on any atom is -0.481 e. The Kier molecular flexibility index (Phi) is 5.11. The maximum atomic E-state index is 12.2. The van der Waals surface area contributed by atoms with Gasteiger partial charge in [-0.3, -0.25) is 9.59 Å². The second-order valence-electron chi connectivity index (χ2n) is 5.03. The number of likely N-dealkylation sites (tertiary alicyclic amines) is 1. The van der Waals surface area contributed by atoms with E-state index in [1.165, 1.54) is 0 Å². The summed E-state index contributed by atoms with van der Waals surface area (Å²) in [6.07, 6.45) is 4.28. The number of carbonyl (C=O) groups excluding carboxylic acids is 1. The van der Waals surface area contributed by atoms with Gasteiger partial charge in [0.15, 0.2) is 0 Å². The average molecular weight is 341 g/mol. The molecule has 0 bridgehead atoms. The topological polar surface area (TPSA) is 70.5 Å². The van der Waals surface area contributed by atoms with Crippen LogP contribution < -0.4 is 0 Å². The highest BCUT2D eigenvalue weighted by atomic mass is 79.9. The molecule has 1 fully saturated rings. The van der Waals surface area contributed by atoms with Crippen molar-refractivity contribution in [2.75, 3.05) is 13.1 Å². The average Bonchev–Trinajstić information content (AvgIpc) is 2.46. The Balaban J connectivity index is 1.85. The number of rotatable bonds is 4. The van der Waals surface area contributed by atoms with Crippen molar-refractivity contribution in [3.05, 3.63) is 28.5 Å². The van der Waals surface area contributed by atoms with E-state index in [2.05, 4.69) is 20.9 Å². The fourth-order valence-electron chi connectivity index (χ4n) is 2.42. The molecule has 0 aromatic carbocycles. The molecule has 5 nitrogen and oxygen atoms in total. The fraction of sp³-hybridized carbons (Fsp3) is 0.500. The highest BCUT2D eigenvalue weighted by Crippen LogP contribution is 2.23. The summed E-state index contributed by atoms with van der Waals surface area (Å²) in [6, 6.07) is 3.52. The van der Waals surface area contributed by atoms with E-state index in [4.69, 9.17) is 5.11 Å². The Bertz CT molecular complexity index is 482. The minimum atomic E-state index is -0.748. The van der Waals surface area contributed by atoms with Crippen LogP contribution in [0.4, 0.5) is 0 Å². The molecule has 2 heterocycles. The van der Waals surface area contributed by atoms with E-state index in [-0.39, 0.29) is 12.3 Å². The van der Waals surface area contributed by atoms with Gasteiger partial charge < -0.3 is 10.0 Å². The number of nitrogens with zero attached hydrogens (tertiary/aromatic N) is 2. The van der Waals surface area contributed by atoms with Crippen LogP contribution in [0.2, 0.25) is 0 Å². The van der Waals surface area contributed by atoms with Gasteiger partial charge >= 0.3 is 5.97 Å². The van der Waals surface area contributed by atoms with Crippen molar-refractivity contribution in [2.24, 2.45) is 5.92 Å². The van der Waals surface area contributed by atoms with Crippen LogP contribution in [0.5, 0.6) is 0 Å². The molecular formula is C14H17BrN2O3. The highest BCUT2D eigenvalue weighted by molar-refractivity contribution is 9.10. The van der Waals surface area contributed by atoms with Crippen molar-refractivity contribution in [3.63, 3.8) is 0 Å². The lowest BCUT2D eigenvalue weighted by Gasteiger charge is -2.31. The molecule has 2 rings (SSSR count). The normalized spacial score (nSPS) is 16.1. The number of aliphatic carboxylic acids is 1. The number of carbonyl (C=O) groups is 2. The predicted molar refractivity (Wildman–Crippen MR) is 77.4 cm³/mol. The summed E-state index contributed by atoms with van der Waals surface area (Å²) in [5.41, 5.74) is 0.456. The zero-order chi connectivity index (χ0) is 14.5. The zero-order valence-corrected chi connectivity index (χ0v) is 12.7. The predicted octanol–water partition coefficient (Wildman–Crippen LogP) is 2.56. The number of halogens is 1. The molecule has 0 unspecified atom stereocenters. The maximum absolute atomic E-state index is 12.2. The standard InChI is InChI=1S/C14H17BrN2O3/c15-11-2-3-12(16-9-11)14(20)17-7-5-10(6-8-17)1-4-13(18)19/h2-3,9-10H,1,4-8H2,(H,18,19). The Morgan fingerprint density at radius 2 is 2.05 bits per heavy atom. The number of hydrogen-bond acceptors (Lipinski definition) is 3. The van der Waals surface area contributed by atoms with Gasteiger partial charge in [-0.1, -0.05) is 0 Å². The molecule has 1 N–H and O–H groups in total. The van der Waals surface area contributed by atoms with E-state index >= 15 is 0 Å². The van der Waals surface area contributed by atoms with Crippen molar-refractivity contribution in [3.8, 4) is 0 Å². The van der Waals surface area contributed by atoms with E-state index in [9.17, 15) is 9.59 Å². The summed E-state index contributed by atoms with van der Waals surface area (Å²) in [6.45, 7) is 1.36. The molecule has 0 spiro atoms. The summed E-state index contributed by atoms with van der Waals surface area (Å²) in [5, 5.41) is 8.68. The van der Waals surface area contributed by atoms with Gasteiger partial charge in [0.05, 0.1) is 0 Å². The number of aromatic nitrogens is 1. The third kappa shape index (κ3) is 4.03. The van der Waals surface area contributed by atoms with E-state index in [0.29, 0.717) is 31.1 Å². The quantitative estimate of drug-likeness (QED) is 0.914. The van der Waals surface area contributed by atoms with Gasteiger partial charge in [0.1, 0.15) is 5.69 Å². The first-order valence-corrected chi connectivity index (χ1v) is 7.48. The number of carboxylic acid groups (broad SMARTS) is 1. The SMILES string of the molecule is O=C(O)CCC1CCN(C(=O)c2ccc(Br)cn2)CC1. The van der Waals surface area contributed by atoms with E-state index in [1.807, 2.05) is 0 Å². The smallest absolute Gasteiger partial charge is 0.303 e. The van der Waals surface area contributed by atoms with Crippen LogP contribution in [-0.2, 0) is 4.79 Å². The number of amides is 1. The fourth-order valence-corrected chi connectivity index (χ4v) is 2.65. The third-order valence-electron chi connectivity index (χ3n) is 3.61. The highest BCUT2D eigenvalue weighted by Gasteiger charge is 2.24. The van der Waals surface area contributed by atoms with Crippen molar-refractivity contribution < 1.29 is 14.7 Å². The number of carboxylic acids is 1. The Morgan fingerprint density at radius 1 is 1.35 bits per heavy atom. The number of pyridine rings is 1. The first-order chi connectivity index (χ1) is 9.56. The Hall–Kier alpha value is -1.43. The Labute approximate surface area is 126 Å². The molecular weight excluding hydrogens is 324 g/mol. The third-order valence-corrected chi connectivity index (χ3v) is 4.08. The van der Waals surface area contributed by atoms with Crippen LogP contribution in [0.25, 0.3) is 0 Å². The second-order valence-corrected chi connectivity index (χ2v) is 5.95. The van der Waals surface area contributed by atoms with Gasteiger partial charge in [-0.2, -0.15) is 0 Å². The van der Waals surface area contributed by atoms with Crippen LogP contribution in [-0.4, -0.2) is 40.0 Å². The molecule has 1 aromatic rings. The second kappa shape index (κ2) is 6.83. The van der Waals surface area contributed by atoms with Crippen LogP contribution in [0.15, 0.2) is 22.8 Å². The van der Waals surface area contributed by atoms with Gasteiger partial charge in [0, 0.05) is 30.2 Å². The van der Waals surface area contributed by atoms with Crippen LogP contribution >= 0.6 is 15.9 Å². The van der Waals surface area contributed by atoms with E-state index in [0.717, 1.165) is 17.3 Å². The van der Waals surface area contributed by atoms with Crippen molar-refractivity contribution in [1.29, 1.82) is 0 Å². The molecule has 6 heteroatoms. The van der Waals surface area contributed by atoms with Crippen LogP contribution in [0, 0.1) is 5.92 Å². The molecule has 0 radical (unpaired) electrons. The molecule has 0 saturated carbocycles. The lowest BCUT2D eigenvalue weighted by atomic mass is 9.92. The molecule has 1 saturated heterocycles. The molecule has 1 amide bonds. The molecule has 108 valence electrons. The van der Waals surface area contributed by atoms with Crippen LogP contribution in [0.3, 0.4) is 0 Å². The van der Waals surface area contributed by atoms with E-state index < -0.39 is 5.97 Å². The Morgan fingerprint density at radius 3 is 2.60 bits per heavy atom. The molecule has 1 aliphatic heterocycles. The van der Waals surface area contributed by atoms with Gasteiger partial charge in [0.2, 0.25) is 0 Å². The molecule has 20 heavy (non-hydrogen) atoms. The number of piperidine rings is 1. The molecule has 1 aliphatic rings. The van der Waals surface area contributed by atoms with E-state index in [1.54, 1.807) is 23.2 Å². The summed E-state index contributed by atoms with van der Waals surface area (Å²) in [4.78, 5) is 28.7. The molecule has 0 aliphatic carbocycles. The molecule has 1 aromatic heterocycles. The van der Waals surface area contributed by atoms with Crippen molar-refractivity contribution >= 4 is 27.8 Å². The van der Waals surface area contributed by atoms with Crippen molar-refractivity contribution in [1.82, 2.24) is 9.88 Å². The molecule has 0 atom stereocenters. The van der Waals surface area contributed by atoms with Crippen molar-refractivity contribution in [2.45, 2.75) is 25.7 Å². The maximum Gasteiger partial charge on any atom is 0.303 e. The van der Waals surface area contributed by atoms with Crippen LogP contribution in [0.1, 0.15) is 36.2 Å². The van der Waals surface area contributed by atoms with Gasteiger partial charge in [-0.25, -0.2) is 4.98 Å². The summed E-state index contributed by atoms with van der Waals surface area (Å²) in [5.74, 6) is -0.384. The summed E-state index contributed by atoms with van der Waals surface area (Å²) in [7, 11) is 0. The van der Waals surface area contributed by atoms with Gasteiger partial charge in [0.25, 0.3) is 5.91 Å². The lowest BCUT2D eigenvalue weighted by Crippen LogP contribution is -2.38.